The normalized spacial score (nSPS) is 19.0. The van der Waals surface area contributed by atoms with Gasteiger partial charge in [-0.3, -0.25) is 4.79 Å². The smallest absolute Gasteiger partial charge is 0.281 e. The monoisotopic (exact) mass is 326 g/mol. The summed E-state index contributed by atoms with van der Waals surface area (Å²) in [6, 6.07) is 3.07. The Hall–Kier alpha value is -1.83. The zero-order chi connectivity index (χ0) is 16.5. The van der Waals surface area contributed by atoms with Crippen LogP contribution in [0.4, 0.5) is 0 Å². The van der Waals surface area contributed by atoms with E-state index in [-0.39, 0.29) is 22.6 Å². The van der Waals surface area contributed by atoms with Gasteiger partial charge in [0.1, 0.15) is 11.4 Å². The average Bonchev–Trinajstić information content (AvgIpc) is 2.35. The summed E-state index contributed by atoms with van der Waals surface area (Å²) in [7, 11) is 1.53. The number of fused-ring (bicyclic) bond motifs is 1. The number of hydrogen-bond donors (Lipinski definition) is 3. The first kappa shape index (κ1) is 16.5. The second kappa shape index (κ2) is 6.12. The third kappa shape index (κ3) is 3.49. The van der Waals surface area contributed by atoms with E-state index in [4.69, 9.17) is 32.6 Å². The van der Waals surface area contributed by atoms with Crippen LogP contribution in [0.3, 0.4) is 0 Å². The highest BCUT2D eigenvalue weighted by atomic mass is 35.5. The lowest BCUT2D eigenvalue weighted by molar-refractivity contribution is 0.00297. The number of benzene rings is 1. The third-order valence-electron chi connectivity index (χ3n) is 3.28. The molecule has 1 aliphatic heterocycles. The number of hydrogen-bond acceptors (Lipinski definition) is 4. The van der Waals surface area contributed by atoms with Crippen LogP contribution >= 0.6 is 11.6 Å². The molecular formula is C14H19ClN4O3. The molecule has 0 aromatic heterocycles. The second-order valence-corrected chi connectivity index (χ2v) is 6.06. The molecular weight excluding hydrogens is 308 g/mol. The Balaban J connectivity index is 2.50. The van der Waals surface area contributed by atoms with Gasteiger partial charge >= 0.3 is 0 Å². The summed E-state index contributed by atoms with van der Waals surface area (Å²) in [6.07, 6.45) is 0.658. The number of amides is 1. The maximum absolute atomic E-state index is 12.0. The summed E-state index contributed by atoms with van der Waals surface area (Å²) in [4.78, 5) is 20.6. The predicted octanol–water partition coefficient (Wildman–Crippen LogP) is 1.51. The van der Waals surface area contributed by atoms with E-state index in [2.05, 4.69) is 10.5 Å². The van der Waals surface area contributed by atoms with Crippen molar-refractivity contribution >= 4 is 23.5 Å². The molecule has 2 rings (SSSR count). The van der Waals surface area contributed by atoms with E-state index in [9.17, 15) is 4.79 Å². The summed E-state index contributed by atoms with van der Waals surface area (Å²) in [5.41, 5.74) is 14.0. The molecule has 0 saturated carbocycles. The van der Waals surface area contributed by atoms with Crippen LogP contribution in [0, 0.1) is 0 Å². The van der Waals surface area contributed by atoms with E-state index in [1.165, 1.54) is 7.11 Å². The lowest BCUT2D eigenvalue weighted by atomic mass is 9.89. The number of ether oxygens (including phenoxy) is 1. The molecule has 1 unspecified atom stereocenters. The molecule has 0 radical (unpaired) electrons. The van der Waals surface area contributed by atoms with Gasteiger partial charge in [0, 0.05) is 12.0 Å². The zero-order valence-electron chi connectivity index (χ0n) is 12.6. The first-order chi connectivity index (χ1) is 10.2. The first-order valence-corrected chi connectivity index (χ1v) is 7.06. The van der Waals surface area contributed by atoms with Crippen molar-refractivity contribution in [2.75, 3.05) is 7.11 Å². The molecule has 5 N–H and O–H groups in total. The Kier molecular flexibility index (Phi) is 4.60. The van der Waals surface area contributed by atoms with E-state index in [1.54, 1.807) is 12.1 Å². The summed E-state index contributed by atoms with van der Waals surface area (Å²) in [5, 5.41) is 0.225. The van der Waals surface area contributed by atoms with Crippen molar-refractivity contribution in [3.8, 4) is 5.75 Å². The number of carbonyl (C=O) groups excluding carboxylic acids is 1. The van der Waals surface area contributed by atoms with Gasteiger partial charge < -0.3 is 21.0 Å². The van der Waals surface area contributed by atoms with Gasteiger partial charge in [-0.2, -0.15) is 10.5 Å². The number of aliphatic imine (C=N–C) groups is 1. The quantitative estimate of drug-likeness (QED) is 0.441. The number of hydroxylamine groups is 1. The lowest BCUT2D eigenvalue weighted by Gasteiger charge is -2.37. The van der Waals surface area contributed by atoms with E-state index in [0.29, 0.717) is 12.2 Å². The molecule has 0 saturated heterocycles. The molecule has 1 heterocycles. The molecule has 1 aromatic rings. The van der Waals surface area contributed by atoms with Crippen LogP contribution in [0.1, 0.15) is 42.2 Å². The Labute approximate surface area is 133 Å². The average molecular weight is 327 g/mol. The molecule has 1 aromatic carbocycles. The van der Waals surface area contributed by atoms with Gasteiger partial charge in [-0.1, -0.05) is 11.6 Å². The molecule has 1 aliphatic rings. The molecule has 0 aliphatic carbocycles. The highest BCUT2D eigenvalue weighted by molar-refractivity contribution is 6.34. The molecule has 7 nitrogen and oxygen atoms in total. The van der Waals surface area contributed by atoms with Crippen LogP contribution in [0.15, 0.2) is 17.1 Å². The minimum absolute atomic E-state index is 0.147. The van der Waals surface area contributed by atoms with E-state index in [0.717, 1.165) is 5.56 Å². The third-order valence-corrected chi connectivity index (χ3v) is 3.59. The Morgan fingerprint density at radius 2 is 2.18 bits per heavy atom. The molecule has 8 heteroatoms. The molecule has 120 valence electrons. The minimum atomic E-state index is -0.603. The van der Waals surface area contributed by atoms with Crippen LogP contribution < -0.4 is 21.7 Å². The van der Waals surface area contributed by atoms with Gasteiger partial charge in [0.15, 0.2) is 5.96 Å². The van der Waals surface area contributed by atoms with E-state index in [1.807, 2.05) is 13.8 Å². The largest absolute Gasteiger partial charge is 0.487 e. The molecule has 0 fully saturated rings. The van der Waals surface area contributed by atoms with Crippen LogP contribution in [-0.2, 0) is 4.84 Å². The van der Waals surface area contributed by atoms with Crippen molar-refractivity contribution in [2.24, 2.45) is 16.5 Å². The highest BCUT2D eigenvalue weighted by Gasteiger charge is 2.35. The SMILES string of the molecule is CONC1CC(C)(C)Oc2cc(Cl)c(C(=O)N=C(N)N)cc21. The van der Waals surface area contributed by atoms with Crippen molar-refractivity contribution in [2.45, 2.75) is 31.9 Å². The zero-order valence-corrected chi connectivity index (χ0v) is 13.4. The molecule has 1 atom stereocenters. The van der Waals surface area contributed by atoms with Crippen molar-refractivity contribution in [3.05, 3.63) is 28.3 Å². The maximum Gasteiger partial charge on any atom is 0.281 e. The number of nitrogens with one attached hydrogen (secondary N) is 1. The Morgan fingerprint density at radius 3 is 2.77 bits per heavy atom. The van der Waals surface area contributed by atoms with Gasteiger partial charge in [0.2, 0.25) is 0 Å². The van der Waals surface area contributed by atoms with Gasteiger partial charge in [-0.25, -0.2) is 0 Å². The fourth-order valence-electron chi connectivity index (χ4n) is 2.46. The number of guanidine groups is 1. The van der Waals surface area contributed by atoms with Gasteiger partial charge in [-0.15, -0.1) is 0 Å². The maximum atomic E-state index is 12.0. The minimum Gasteiger partial charge on any atom is -0.487 e. The summed E-state index contributed by atoms with van der Waals surface area (Å²) in [5.74, 6) is -0.325. The van der Waals surface area contributed by atoms with Crippen LogP contribution in [0.5, 0.6) is 5.75 Å². The molecule has 0 bridgehead atoms. The van der Waals surface area contributed by atoms with Gasteiger partial charge in [-0.05, 0) is 26.0 Å². The fraction of sp³-hybridized carbons (Fsp3) is 0.429. The Morgan fingerprint density at radius 1 is 1.50 bits per heavy atom. The van der Waals surface area contributed by atoms with Gasteiger partial charge in [0.25, 0.3) is 5.91 Å². The molecule has 22 heavy (non-hydrogen) atoms. The van der Waals surface area contributed by atoms with Crippen molar-refractivity contribution in [1.29, 1.82) is 0 Å². The standard InChI is InChI=1S/C14H19ClN4O3/c1-14(2)6-10(19-21-3)8-4-7(12(20)18-13(16)17)9(15)5-11(8)22-14/h4-5,10,19H,6H2,1-3H3,(H4,16,17,18,20). The van der Waals surface area contributed by atoms with Crippen LogP contribution in [-0.4, -0.2) is 24.6 Å². The van der Waals surface area contributed by atoms with Crippen molar-refractivity contribution in [1.82, 2.24) is 5.48 Å². The number of carbonyl (C=O) groups is 1. The Bertz CT molecular complexity index is 627. The number of halogens is 1. The van der Waals surface area contributed by atoms with Crippen LogP contribution in [0.2, 0.25) is 5.02 Å². The van der Waals surface area contributed by atoms with E-state index >= 15 is 0 Å². The lowest BCUT2D eigenvalue weighted by Crippen LogP contribution is -2.39. The van der Waals surface area contributed by atoms with Crippen molar-refractivity contribution < 1.29 is 14.4 Å². The number of rotatable bonds is 3. The van der Waals surface area contributed by atoms with E-state index < -0.39 is 11.5 Å². The molecule has 0 spiro atoms. The highest BCUT2D eigenvalue weighted by Crippen LogP contribution is 2.42. The second-order valence-electron chi connectivity index (χ2n) is 5.65. The van der Waals surface area contributed by atoms with Crippen LogP contribution in [0.25, 0.3) is 0 Å². The molecule has 1 amide bonds. The van der Waals surface area contributed by atoms with Crippen molar-refractivity contribution in [3.63, 3.8) is 0 Å². The number of nitrogens with zero attached hydrogens (tertiary/aromatic N) is 1. The topological polar surface area (TPSA) is 112 Å². The summed E-state index contributed by atoms with van der Waals surface area (Å²) < 4.78 is 5.92. The predicted molar refractivity (Wildman–Crippen MR) is 83.8 cm³/mol. The fourth-order valence-corrected chi connectivity index (χ4v) is 2.70. The summed E-state index contributed by atoms with van der Waals surface area (Å²) in [6.45, 7) is 3.93. The van der Waals surface area contributed by atoms with Gasteiger partial charge in [0.05, 0.1) is 23.7 Å². The first-order valence-electron chi connectivity index (χ1n) is 6.68. The summed E-state index contributed by atoms with van der Waals surface area (Å²) >= 11 is 6.15. The number of nitrogens with two attached hydrogens (primary N) is 2.